The summed E-state index contributed by atoms with van der Waals surface area (Å²) in [4.78, 5) is 15.1. The Hall–Kier alpha value is -0.870. The van der Waals surface area contributed by atoms with E-state index in [4.69, 9.17) is 4.74 Å². The third-order valence-corrected chi connectivity index (χ3v) is 5.83. The van der Waals surface area contributed by atoms with Gasteiger partial charge in [-0.25, -0.2) is 0 Å². The highest BCUT2D eigenvalue weighted by atomic mass is 79.9. The minimum atomic E-state index is -0.148. The van der Waals surface area contributed by atoms with Crippen LogP contribution in [0.25, 0.3) is 0 Å². The zero-order valence-corrected chi connectivity index (χ0v) is 14.9. The lowest BCUT2D eigenvalue weighted by molar-refractivity contribution is -0.154. The van der Waals surface area contributed by atoms with E-state index in [1.165, 1.54) is 12.8 Å². The quantitative estimate of drug-likeness (QED) is 0.751. The molecule has 0 amide bonds. The van der Waals surface area contributed by atoms with Gasteiger partial charge in [0.2, 0.25) is 0 Å². The van der Waals surface area contributed by atoms with E-state index in [0.29, 0.717) is 12.1 Å². The minimum Gasteiger partial charge on any atom is -0.462 e. The van der Waals surface area contributed by atoms with Gasteiger partial charge in [0.15, 0.2) is 0 Å². The Morgan fingerprint density at radius 1 is 1.27 bits per heavy atom. The van der Waals surface area contributed by atoms with Gasteiger partial charge in [-0.3, -0.25) is 4.79 Å². The van der Waals surface area contributed by atoms with Gasteiger partial charge in [0.25, 0.3) is 0 Å². The van der Waals surface area contributed by atoms with Gasteiger partial charge < -0.3 is 9.64 Å². The van der Waals surface area contributed by atoms with Crippen molar-refractivity contribution >= 4 is 21.9 Å². The van der Waals surface area contributed by atoms with Crippen molar-refractivity contribution in [2.24, 2.45) is 0 Å². The zero-order chi connectivity index (χ0) is 15.7. The molecule has 2 aliphatic rings. The second-order valence-corrected chi connectivity index (χ2v) is 7.51. The topological polar surface area (TPSA) is 29.5 Å². The molecule has 2 aliphatic heterocycles. The van der Waals surface area contributed by atoms with Crippen molar-refractivity contribution < 1.29 is 9.53 Å². The lowest BCUT2D eigenvalue weighted by Crippen LogP contribution is -2.43. The smallest absolute Gasteiger partial charge is 0.313 e. The number of hydrogen-bond acceptors (Lipinski definition) is 3. The molecule has 0 N–H and O–H groups in total. The van der Waals surface area contributed by atoms with Gasteiger partial charge in [0.05, 0.1) is 5.92 Å². The Morgan fingerprint density at radius 2 is 1.86 bits per heavy atom. The normalized spacial score (nSPS) is 29.3. The van der Waals surface area contributed by atoms with E-state index < -0.39 is 0 Å². The van der Waals surface area contributed by atoms with Gasteiger partial charge >= 0.3 is 5.97 Å². The standard InChI is InChI=1S/C18H24BrNO2/c1-3-17(12-4-6-13(19)7-5-12)18(21)22-16-10-14-8-9-15(11-16)20(14)2/h4-7,14-17H,3,8-11H2,1-2H3/t14-,15+,16?,17?. The molecule has 0 aromatic heterocycles. The fourth-order valence-corrected chi connectivity index (χ4v) is 4.20. The molecule has 1 aromatic carbocycles. The minimum absolute atomic E-state index is 0.0567. The molecule has 120 valence electrons. The second-order valence-electron chi connectivity index (χ2n) is 6.59. The molecule has 1 aromatic rings. The molecular formula is C18H24BrNO2. The van der Waals surface area contributed by atoms with E-state index in [1.807, 2.05) is 31.2 Å². The van der Waals surface area contributed by atoms with E-state index in [-0.39, 0.29) is 18.0 Å². The van der Waals surface area contributed by atoms with Crippen LogP contribution in [0.2, 0.25) is 0 Å². The molecular weight excluding hydrogens is 342 g/mol. The van der Waals surface area contributed by atoms with E-state index in [1.54, 1.807) is 0 Å². The monoisotopic (exact) mass is 365 g/mol. The zero-order valence-electron chi connectivity index (χ0n) is 13.3. The fourth-order valence-electron chi connectivity index (χ4n) is 3.94. The number of rotatable bonds is 4. The molecule has 3 nitrogen and oxygen atoms in total. The third kappa shape index (κ3) is 3.23. The summed E-state index contributed by atoms with van der Waals surface area (Å²) in [5.41, 5.74) is 1.05. The average molecular weight is 366 g/mol. The molecule has 4 heteroatoms. The predicted octanol–water partition coefficient (Wildman–Crippen LogP) is 4.11. The summed E-state index contributed by atoms with van der Waals surface area (Å²) < 4.78 is 6.91. The predicted molar refractivity (Wildman–Crippen MR) is 90.9 cm³/mol. The molecule has 0 radical (unpaired) electrons. The van der Waals surface area contributed by atoms with Crippen LogP contribution in [0.15, 0.2) is 28.7 Å². The number of carbonyl (C=O) groups is 1. The van der Waals surface area contributed by atoms with Crippen molar-refractivity contribution in [1.29, 1.82) is 0 Å². The first-order chi connectivity index (χ1) is 10.6. The van der Waals surface area contributed by atoms with Gasteiger partial charge in [-0.05, 0) is 56.8 Å². The second kappa shape index (κ2) is 6.71. The van der Waals surface area contributed by atoms with E-state index in [9.17, 15) is 4.79 Å². The number of benzene rings is 1. The van der Waals surface area contributed by atoms with Crippen molar-refractivity contribution in [2.45, 2.75) is 63.1 Å². The number of ether oxygens (including phenoxy) is 1. The molecule has 2 saturated heterocycles. The Bertz CT molecular complexity index is 516. The average Bonchev–Trinajstić information content (AvgIpc) is 2.72. The molecule has 2 bridgehead atoms. The Balaban J connectivity index is 1.64. The van der Waals surface area contributed by atoms with Gasteiger partial charge in [-0.1, -0.05) is 35.0 Å². The maximum Gasteiger partial charge on any atom is 0.313 e. The Labute approximate surface area is 141 Å². The highest BCUT2D eigenvalue weighted by Crippen LogP contribution is 2.36. The number of halogens is 1. The van der Waals surface area contributed by atoms with Gasteiger partial charge in [0.1, 0.15) is 6.10 Å². The first-order valence-electron chi connectivity index (χ1n) is 8.26. The summed E-state index contributed by atoms with van der Waals surface area (Å²) in [5, 5.41) is 0. The fraction of sp³-hybridized carbons (Fsp3) is 0.611. The van der Waals surface area contributed by atoms with Crippen LogP contribution in [0.3, 0.4) is 0 Å². The lowest BCUT2D eigenvalue weighted by atomic mass is 9.96. The number of hydrogen-bond donors (Lipinski definition) is 0. The SMILES string of the molecule is CCC(C(=O)OC1C[C@H]2CC[C@@H](C1)N2C)c1ccc(Br)cc1. The lowest BCUT2D eigenvalue weighted by Gasteiger charge is -2.36. The van der Waals surface area contributed by atoms with Gasteiger partial charge in [-0.15, -0.1) is 0 Å². The summed E-state index contributed by atoms with van der Waals surface area (Å²) in [6.07, 6.45) is 5.37. The van der Waals surface area contributed by atoms with E-state index in [0.717, 1.165) is 29.3 Å². The molecule has 0 spiro atoms. The van der Waals surface area contributed by atoms with Crippen LogP contribution in [0, 0.1) is 0 Å². The van der Waals surface area contributed by atoms with Crippen molar-refractivity contribution in [3.63, 3.8) is 0 Å². The van der Waals surface area contributed by atoms with Crippen molar-refractivity contribution in [3.05, 3.63) is 34.3 Å². The van der Waals surface area contributed by atoms with Crippen molar-refractivity contribution in [2.75, 3.05) is 7.05 Å². The maximum absolute atomic E-state index is 12.6. The first kappa shape index (κ1) is 16.0. The highest BCUT2D eigenvalue weighted by Gasteiger charge is 2.40. The van der Waals surface area contributed by atoms with Crippen LogP contribution >= 0.6 is 15.9 Å². The first-order valence-corrected chi connectivity index (χ1v) is 9.05. The number of nitrogens with zero attached hydrogens (tertiary/aromatic N) is 1. The van der Waals surface area contributed by atoms with E-state index in [2.05, 4.69) is 27.9 Å². The Kier molecular flexibility index (Phi) is 4.88. The van der Waals surface area contributed by atoms with Crippen LogP contribution in [0.4, 0.5) is 0 Å². The maximum atomic E-state index is 12.6. The molecule has 0 aliphatic carbocycles. The van der Waals surface area contributed by atoms with Crippen LogP contribution < -0.4 is 0 Å². The number of fused-ring (bicyclic) bond motifs is 2. The molecule has 4 atom stereocenters. The summed E-state index contributed by atoms with van der Waals surface area (Å²) in [5.74, 6) is -0.204. The van der Waals surface area contributed by atoms with Crippen LogP contribution in [0.1, 0.15) is 50.5 Å². The van der Waals surface area contributed by atoms with Crippen molar-refractivity contribution in [1.82, 2.24) is 4.90 Å². The summed E-state index contributed by atoms with van der Waals surface area (Å²) >= 11 is 3.44. The van der Waals surface area contributed by atoms with Crippen LogP contribution in [-0.2, 0) is 9.53 Å². The van der Waals surface area contributed by atoms with Crippen LogP contribution in [0.5, 0.6) is 0 Å². The van der Waals surface area contributed by atoms with Gasteiger partial charge in [0, 0.05) is 16.6 Å². The van der Waals surface area contributed by atoms with Crippen molar-refractivity contribution in [3.8, 4) is 0 Å². The molecule has 2 unspecified atom stereocenters. The molecule has 2 fully saturated rings. The van der Waals surface area contributed by atoms with Crippen LogP contribution in [-0.4, -0.2) is 36.1 Å². The van der Waals surface area contributed by atoms with Gasteiger partial charge in [-0.2, -0.15) is 0 Å². The Morgan fingerprint density at radius 3 is 2.41 bits per heavy atom. The molecule has 22 heavy (non-hydrogen) atoms. The number of carbonyl (C=O) groups excluding carboxylic acids is 1. The third-order valence-electron chi connectivity index (χ3n) is 5.30. The molecule has 0 saturated carbocycles. The number of esters is 1. The summed E-state index contributed by atoms with van der Waals surface area (Å²) in [7, 11) is 2.21. The molecule has 2 heterocycles. The van der Waals surface area contributed by atoms with E-state index >= 15 is 0 Å². The molecule has 3 rings (SSSR count). The summed E-state index contributed by atoms with van der Waals surface area (Å²) in [6, 6.07) is 9.20. The number of piperidine rings is 1. The largest absolute Gasteiger partial charge is 0.462 e. The summed E-state index contributed by atoms with van der Waals surface area (Å²) in [6.45, 7) is 2.05. The highest BCUT2D eigenvalue weighted by molar-refractivity contribution is 9.10.